The van der Waals surface area contributed by atoms with Gasteiger partial charge in [-0.25, -0.2) is 18.0 Å². The average molecular weight is 412 g/mol. The van der Waals surface area contributed by atoms with Crippen LogP contribution in [0.1, 0.15) is 20.7 Å². The summed E-state index contributed by atoms with van der Waals surface area (Å²) in [7, 11) is -0.769. The molecule has 29 heavy (non-hydrogen) atoms. The molecule has 0 bridgehead atoms. The zero-order chi connectivity index (χ0) is 21.3. The van der Waals surface area contributed by atoms with E-state index in [0.29, 0.717) is 20.9 Å². The highest BCUT2D eigenvalue weighted by Crippen LogP contribution is 2.19. The Balaban J connectivity index is 0.000000208. The highest BCUT2D eigenvalue weighted by Gasteiger charge is 2.15. The van der Waals surface area contributed by atoms with Gasteiger partial charge in [0.2, 0.25) is 9.84 Å². The van der Waals surface area contributed by atoms with E-state index in [1.165, 1.54) is 20.3 Å². The molecule has 0 saturated heterocycles. The second-order valence-electron chi connectivity index (χ2n) is 5.69. The number of hydrogen-bond donors (Lipinski definition) is 0. The number of sulfone groups is 1. The molecule has 0 aromatic heterocycles. The van der Waals surface area contributed by atoms with E-state index in [-0.39, 0.29) is 0 Å². The maximum atomic E-state index is 12.0. The largest absolute Gasteiger partial charge is 0.465 e. The van der Waals surface area contributed by atoms with Crippen LogP contribution >= 0.6 is 0 Å². The number of ether oxygens (including phenoxy) is 2. The van der Waals surface area contributed by atoms with Crippen molar-refractivity contribution in [1.29, 1.82) is 0 Å². The zero-order valence-electron chi connectivity index (χ0n) is 15.9. The van der Waals surface area contributed by atoms with Gasteiger partial charge in [-0.05, 0) is 42.5 Å². The molecule has 6 nitrogen and oxygen atoms in total. The van der Waals surface area contributed by atoms with Crippen molar-refractivity contribution in [3.63, 3.8) is 0 Å². The molecule has 0 radical (unpaired) electrons. The number of carbonyl (C=O) groups excluding carboxylic acids is 2. The first-order valence-corrected chi connectivity index (χ1v) is 10.0. The maximum Gasteiger partial charge on any atom is 0.337 e. The number of methoxy groups -OCH3 is 2. The van der Waals surface area contributed by atoms with Gasteiger partial charge in [0.25, 0.3) is 0 Å². The van der Waals surface area contributed by atoms with Gasteiger partial charge in [0.15, 0.2) is 0 Å². The topological polar surface area (TPSA) is 86.7 Å². The van der Waals surface area contributed by atoms with Gasteiger partial charge in [0, 0.05) is 0 Å². The monoisotopic (exact) mass is 412 g/mol. The molecule has 3 rings (SSSR count). The molecule has 0 amide bonds. The third kappa shape index (κ3) is 5.76. The first-order valence-electron chi connectivity index (χ1n) is 8.52. The van der Waals surface area contributed by atoms with Gasteiger partial charge in [-0.3, -0.25) is 0 Å². The first-order chi connectivity index (χ1) is 13.9. The molecular formula is C22H20O6S. The summed E-state index contributed by atoms with van der Waals surface area (Å²) in [6.07, 6.45) is 0. The van der Waals surface area contributed by atoms with Crippen molar-refractivity contribution in [2.45, 2.75) is 9.79 Å². The van der Waals surface area contributed by atoms with Crippen LogP contribution < -0.4 is 0 Å². The molecule has 7 heteroatoms. The molecule has 0 fully saturated rings. The predicted octanol–water partition coefficient (Wildman–Crippen LogP) is 3.78. The van der Waals surface area contributed by atoms with Gasteiger partial charge in [-0.2, -0.15) is 0 Å². The van der Waals surface area contributed by atoms with Crippen LogP contribution in [0.5, 0.6) is 0 Å². The van der Waals surface area contributed by atoms with E-state index in [4.69, 9.17) is 0 Å². The molecule has 3 aromatic rings. The summed E-state index contributed by atoms with van der Waals surface area (Å²) >= 11 is 0. The number of esters is 2. The Labute approximate surface area is 169 Å². The highest BCUT2D eigenvalue weighted by molar-refractivity contribution is 7.91. The summed E-state index contributed by atoms with van der Waals surface area (Å²) in [5.74, 6) is -0.952. The Kier molecular flexibility index (Phi) is 7.68. The molecule has 0 saturated carbocycles. The van der Waals surface area contributed by atoms with Crippen LogP contribution in [0.3, 0.4) is 0 Å². The Hall–Kier alpha value is -3.45. The van der Waals surface area contributed by atoms with Gasteiger partial charge >= 0.3 is 11.9 Å². The smallest absolute Gasteiger partial charge is 0.337 e. The van der Waals surface area contributed by atoms with Crippen LogP contribution in [-0.2, 0) is 19.3 Å². The van der Waals surface area contributed by atoms with Crippen LogP contribution in [0.2, 0.25) is 0 Å². The quantitative estimate of drug-likeness (QED) is 0.606. The molecule has 0 aliphatic heterocycles. The van der Waals surface area contributed by atoms with Crippen molar-refractivity contribution in [3.05, 3.63) is 96.1 Å². The fourth-order valence-electron chi connectivity index (χ4n) is 2.34. The van der Waals surface area contributed by atoms with Crippen molar-refractivity contribution in [1.82, 2.24) is 0 Å². The van der Waals surface area contributed by atoms with Crippen molar-refractivity contribution in [2.24, 2.45) is 0 Å². The van der Waals surface area contributed by atoms with Crippen molar-refractivity contribution >= 4 is 21.8 Å². The van der Waals surface area contributed by atoms with Crippen LogP contribution in [-0.4, -0.2) is 34.6 Å². The summed E-state index contributed by atoms with van der Waals surface area (Å²) < 4.78 is 33.1. The molecule has 0 spiro atoms. The third-order valence-electron chi connectivity index (χ3n) is 3.81. The van der Waals surface area contributed by atoms with Crippen molar-refractivity contribution in [3.8, 4) is 0 Å². The van der Waals surface area contributed by atoms with Gasteiger partial charge in [-0.15, -0.1) is 0 Å². The van der Waals surface area contributed by atoms with Crippen molar-refractivity contribution in [2.75, 3.05) is 14.2 Å². The van der Waals surface area contributed by atoms with E-state index in [0.717, 1.165) is 0 Å². The Bertz CT molecular complexity index is 984. The summed E-state index contributed by atoms with van der Waals surface area (Å²) in [5.41, 5.74) is 0.658. The Morgan fingerprint density at radius 3 is 1.34 bits per heavy atom. The normalized spacial score (nSPS) is 10.3. The van der Waals surface area contributed by atoms with E-state index in [1.54, 1.807) is 78.9 Å². The number of carbonyl (C=O) groups is 2. The van der Waals surface area contributed by atoms with E-state index < -0.39 is 21.8 Å². The minimum atomic E-state index is -3.34. The molecule has 0 heterocycles. The van der Waals surface area contributed by atoms with Crippen molar-refractivity contribution < 1.29 is 27.5 Å². The fourth-order valence-corrected chi connectivity index (χ4v) is 3.65. The van der Waals surface area contributed by atoms with Gasteiger partial charge in [0.05, 0.1) is 35.1 Å². The molecule has 0 aliphatic carbocycles. The zero-order valence-corrected chi connectivity index (χ0v) is 16.8. The molecule has 0 unspecified atom stereocenters. The lowest BCUT2D eigenvalue weighted by Gasteiger charge is -2.03. The Morgan fingerprint density at radius 1 is 0.621 bits per heavy atom. The molecule has 3 aromatic carbocycles. The van der Waals surface area contributed by atoms with E-state index in [1.807, 2.05) is 0 Å². The molecule has 0 atom stereocenters. The molecule has 0 aliphatic rings. The van der Waals surface area contributed by atoms with Gasteiger partial charge < -0.3 is 9.47 Å². The minimum Gasteiger partial charge on any atom is -0.465 e. The summed E-state index contributed by atoms with van der Waals surface area (Å²) in [5, 5.41) is 0. The van der Waals surface area contributed by atoms with E-state index >= 15 is 0 Å². The molecule has 150 valence electrons. The first kappa shape index (κ1) is 21.8. The molecule has 0 N–H and O–H groups in total. The highest BCUT2D eigenvalue weighted by atomic mass is 32.2. The molecular weight excluding hydrogens is 392 g/mol. The second kappa shape index (κ2) is 10.2. The van der Waals surface area contributed by atoms with E-state index in [9.17, 15) is 18.0 Å². The minimum absolute atomic E-state index is 0.329. The van der Waals surface area contributed by atoms with E-state index in [2.05, 4.69) is 9.47 Å². The van der Waals surface area contributed by atoms with Gasteiger partial charge in [0.1, 0.15) is 0 Å². The third-order valence-corrected chi connectivity index (χ3v) is 5.60. The van der Waals surface area contributed by atoms with Crippen LogP contribution in [0.4, 0.5) is 0 Å². The Morgan fingerprint density at radius 2 is 1.00 bits per heavy atom. The summed E-state index contributed by atoms with van der Waals surface area (Å²) in [6.45, 7) is 0. The predicted molar refractivity (Wildman–Crippen MR) is 107 cm³/mol. The SMILES string of the molecule is COC(=O)c1cccc(C(=O)OC)c1.O=S(=O)(c1ccccc1)c1ccccc1. The average Bonchev–Trinajstić information content (AvgIpc) is 2.79. The lowest BCUT2D eigenvalue weighted by atomic mass is 10.1. The number of hydrogen-bond acceptors (Lipinski definition) is 6. The lowest BCUT2D eigenvalue weighted by Crippen LogP contribution is -2.05. The number of rotatable bonds is 4. The number of benzene rings is 3. The van der Waals surface area contributed by atoms with Crippen LogP contribution in [0.15, 0.2) is 94.7 Å². The lowest BCUT2D eigenvalue weighted by molar-refractivity contribution is 0.0599. The summed E-state index contributed by atoms with van der Waals surface area (Å²) in [6, 6.07) is 23.0. The summed E-state index contributed by atoms with van der Waals surface area (Å²) in [4.78, 5) is 22.9. The van der Waals surface area contributed by atoms with Crippen LogP contribution in [0, 0.1) is 0 Å². The van der Waals surface area contributed by atoms with Crippen LogP contribution in [0.25, 0.3) is 0 Å². The second-order valence-corrected chi connectivity index (χ2v) is 7.64. The fraction of sp³-hybridized carbons (Fsp3) is 0.0909. The van der Waals surface area contributed by atoms with Gasteiger partial charge in [-0.1, -0.05) is 42.5 Å². The maximum absolute atomic E-state index is 12.0. The standard InChI is InChI=1S/C12H10O2S.C10H10O4/c13-15(14,11-7-3-1-4-8-11)12-9-5-2-6-10-12;1-13-9(11)7-4-3-5-8(6-7)10(12)14-2/h1-10H;3-6H,1-2H3.